The SMILES string of the molecule is O=C(NN=Cc1ccc(Cl)c(Cl)c1)c1cccnc1Cl. The number of aromatic nitrogens is 1. The molecule has 0 radical (unpaired) electrons. The Morgan fingerprint density at radius 3 is 2.70 bits per heavy atom. The fraction of sp³-hybridized carbons (Fsp3) is 0. The van der Waals surface area contributed by atoms with Crippen LogP contribution in [0.4, 0.5) is 0 Å². The maximum atomic E-state index is 11.8. The third-order valence-electron chi connectivity index (χ3n) is 2.33. The summed E-state index contributed by atoms with van der Waals surface area (Å²) in [5.74, 6) is -0.445. The number of hydrogen-bond donors (Lipinski definition) is 1. The summed E-state index contributed by atoms with van der Waals surface area (Å²) in [5, 5.41) is 4.81. The maximum absolute atomic E-state index is 11.8. The van der Waals surface area contributed by atoms with E-state index < -0.39 is 5.91 Å². The fourth-order valence-electron chi connectivity index (χ4n) is 1.37. The number of amides is 1. The summed E-state index contributed by atoms with van der Waals surface area (Å²) in [5.41, 5.74) is 3.31. The van der Waals surface area contributed by atoms with Crippen molar-refractivity contribution in [2.75, 3.05) is 0 Å². The molecular weight excluding hydrogens is 321 g/mol. The summed E-state index contributed by atoms with van der Waals surface area (Å²) in [6, 6.07) is 8.17. The van der Waals surface area contributed by atoms with Crippen molar-refractivity contribution in [3.63, 3.8) is 0 Å². The number of benzene rings is 1. The average Bonchev–Trinajstić information content (AvgIpc) is 2.43. The molecular formula is C13H8Cl3N3O. The summed E-state index contributed by atoms with van der Waals surface area (Å²) < 4.78 is 0. The number of carbonyl (C=O) groups excluding carboxylic acids is 1. The van der Waals surface area contributed by atoms with Crippen LogP contribution >= 0.6 is 34.8 Å². The number of hydrazone groups is 1. The van der Waals surface area contributed by atoms with Gasteiger partial charge < -0.3 is 0 Å². The maximum Gasteiger partial charge on any atom is 0.274 e. The predicted octanol–water partition coefficient (Wildman–Crippen LogP) is 3.81. The van der Waals surface area contributed by atoms with Gasteiger partial charge in [-0.1, -0.05) is 40.9 Å². The van der Waals surface area contributed by atoms with Crippen LogP contribution in [0.25, 0.3) is 0 Å². The number of rotatable bonds is 3. The first-order chi connectivity index (χ1) is 9.58. The summed E-state index contributed by atoms with van der Waals surface area (Å²) >= 11 is 17.5. The molecule has 0 aliphatic heterocycles. The molecule has 1 heterocycles. The molecule has 0 fully saturated rings. The molecule has 0 atom stereocenters. The van der Waals surface area contributed by atoms with E-state index in [1.54, 1.807) is 30.3 Å². The molecule has 1 aromatic carbocycles. The molecule has 2 aromatic rings. The van der Waals surface area contributed by atoms with Crippen molar-refractivity contribution >= 4 is 46.9 Å². The number of nitrogens with one attached hydrogen (secondary N) is 1. The zero-order valence-electron chi connectivity index (χ0n) is 9.98. The minimum absolute atomic E-state index is 0.120. The average molecular weight is 329 g/mol. The van der Waals surface area contributed by atoms with E-state index in [0.717, 1.165) is 0 Å². The Morgan fingerprint density at radius 2 is 2.00 bits per heavy atom. The standard InChI is InChI=1S/C13H8Cl3N3O/c14-10-4-3-8(6-11(10)15)7-18-19-13(20)9-2-1-5-17-12(9)16/h1-7H,(H,19,20). The molecule has 0 bridgehead atoms. The van der Waals surface area contributed by atoms with Gasteiger partial charge in [-0.25, -0.2) is 10.4 Å². The largest absolute Gasteiger partial charge is 0.274 e. The monoisotopic (exact) mass is 327 g/mol. The second kappa shape index (κ2) is 6.70. The van der Waals surface area contributed by atoms with Gasteiger partial charge in [0, 0.05) is 6.20 Å². The molecule has 0 saturated carbocycles. The summed E-state index contributed by atoms with van der Waals surface area (Å²) in [4.78, 5) is 15.6. The number of carbonyl (C=O) groups is 1. The fourth-order valence-corrected chi connectivity index (χ4v) is 1.89. The Hall–Kier alpha value is -1.62. The molecule has 1 amide bonds. The highest BCUT2D eigenvalue weighted by molar-refractivity contribution is 6.42. The first-order valence-corrected chi connectivity index (χ1v) is 6.60. The molecule has 2 rings (SSSR count). The molecule has 0 aliphatic carbocycles. The van der Waals surface area contributed by atoms with Crippen LogP contribution in [0, 0.1) is 0 Å². The summed E-state index contributed by atoms with van der Waals surface area (Å²) in [7, 11) is 0. The van der Waals surface area contributed by atoms with Crippen molar-refractivity contribution in [3.05, 3.63) is 62.9 Å². The van der Waals surface area contributed by atoms with E-state index in [1.165, 1.54) is 12.4 Å². The highest BCUT2D eigenvalue weighted by Gasteiger charge is 2.09. The molecule has 7 heteroatoms. The van der Waals surface area contributed by atoms with Gasteiger partial charge >= 0.3 is 0 Å². The normalized spacial score (nSPS) is 10.8. The van der Waals surface area contributed by atoms with Gasteiger partial charge in [0.25, 0.3) is 5.91 Å². The van der Waals surface area contributed by atoms with Gasteiger partial charge in [0.2, 0.25) is 0 Å². The van der Waals surface area contributed by atoms with Gasteiger partial charge in [-0.2, -0.15) is 5.10 Å². The van der Waals surface area contributed by atoms with Gasteiger partial charge in [-0.3, -0.25) is 4.79 Å². The van der Waals surface area contributed by atoms with Crippen LogP contribution in [-0.2, 0) is 0 Å². The lowest BCUT2D eigenvalue weighted by Crippen LogP contribution is -2.18. The highest BCUT2D eigenvalue weighted by Crippen LogP contribution is 2.21. The van der Waals surface area contributed by atoms with Crippen molar-refractivity contribution in [3.8, 4) is 0 Å². The number of hydrogen-bond acceptors (Lipinski definition) is 3. The third kappa shape index (κ3) is 3.70. The first kappa shape index (κ1) is 14.8. The molecule has 0 spiro atoms. The van der Waals surface area contributed by atoms with Crippen LogP contribution in [0.1, 0.15) is 15.9 Å². The molecule has 0 saturated heterocycles. The smallest absolute Gasteiger partial charge is 0.267 e. The minimum Gasteiger partial charge on any atom is -0.267 e. The van der Waals surface area contributed by atoms with Crippen LogP contribution in [0.3, 0.4) is 0 Å². The Kier molecular flexibility index (Phi) is 4.95. The van der Waals surface area contributed by atoms with E-state index in [9.17, 15) is 4.79 Å². The van der Waals surface area contributed by atoms with E-state index in [1.807, 2.05) is 0 Å². The van der Waals surface area contributed by atoms with E-state index in [4.69, 9.17) is 34.8 Å². The molecule has 20 heavy (non-hydrogen) atoms. The minimum atomic E-state index is -0.445. The third-order valence-corrected chi connectivity index (χ3v) is 3.37. The number of pyridine rings is 1. The van der Waals surface area contributed by atoms with Crippen LogP contribution in [0.15, 0.2) is 41.6 Å². The van der Waals surface area contributed by atoms with Gasteiger partial charge in [0.1, 0.15) is 5.15 Å². The molecule has 1 aromatic heterocycles. The van der Waals surface area contributed by atoms with E-state index >= 15 is 0 Å². The Balaban J connectivity index is 2.05. The van der Waals surface area contributed by atoms with Crippen molar-refractivity contribution in [2.45, 2.75) is 0 Å². The molecule has 1 N–H and O–H groups in total. The van der Waals surface area contributed by atoms with E-state index in [-0.39, 0.29) is 10.7 Å². The van der Waals surface area contributed by atoms with E-state index in [2.05, 4.69) is 15.5 Å². The van der Waals surface area contributed by atoms with Gasteiger partial charge in [0.15, 0.2) is 0 Å². The quantitative estimate of drug-likeness (QED) is 0.529. The van der Waals surface area contributed by atoms with Crippen LogP contribution in [-0.4, -0.2) is 17.1 Å². The Bertz CT molecular complexity index is 674. The zero-order chi connectivity index (χ0) is 14.5. The van der Waals surface area contributed by atoms with E-state index in [0.29, 0.717) is 15.6 Å². The lowest BCUT2D eigenvalue weighted by molar-refractivity contribution is 0.0955. The second-order valence-corrected chi connectivity index (χ2v) is 4.89. The van der Waals surface area contributed by atoms with Crippen molar-refractivity contribution in [1.29, 1.82) is 0 Å². The molecule has 102 valence electrons. The topological polar surface area (TPSA) is 54.4 Å². The molecule has 0 unspecified atom stereocenters. The van der Waals surface area contributed by atoms with Crippen LogP contribution in [0.2, 0.25) is 15.2 Å². The number of nitrogens with zero attached hydrogens (tertiary/aromatic N) is 2. The number of halogens is 3. The Labute approximate surface area is 130 Å². The Morgan fingerprint density at radius 1 is 1.20 bits per heavy atom. The van der Waals surface area contributed by atoms with Gasteiger partial charge in [0.05, 0.1) is 21.8 Å². The lowest BCUT2D eigenvalue weighted by Gasteiger charge is -2.01. The van der Waals surface area contributed by atoms with Crippen LogP contribution < -0.4 is 5.43 Å². The van der Waals surface area contributed by atoms with Crippen molar-refractivity contribution in [2.24, 2.45) is 5.10 Å². The highest BCUT2D eigenvalue weighted by atomic mass is 35.5. The summed E-state index contributed by atoms with van der Waals surface area (Å²) in [6.07, 6.45) is 2.95. The zero-order valence-corrected chi connectivity index (χ0v) is 12.2. The molecule has 4 nitrogen and oxygen atoms in total. The first-order valence-electron chi connectivity index (χ1n) is 5.47. The van der Waals surface area contributed by atoms with Gasteiger partial charge in [-0.15, -0.1) is 0 Å². The summed E-state index contributed by atoms with van der Waals surface area (Å²) in [6.45, 7) is 0. The van der Waals surface area contributed by atoms with Crippen molar-refractivity contribution in [1.82, 2.24) is 10.4 Å². The second-order valence-electron chi connectivity index (χ2n) is 3.71. The van der Waals surface area contributed by atoms with Crippen molar-refractivity contribution < 1.29 is 4.79 Å². The lowest BCUT2D eigenvalue weighted by atomic mass is 10.2. The van der Waals surface area contributed by atoms with Crippen LogP contribution in [0.5, 0.6) is 0 Å². The molecule has 0 aliphatic rings. The van der Waals surface area contributed by atoms with Gasteiger partial charge in [-0.05, 0) is 29.8 Å². The predicted molar refractivity (Wildman–Crippen MR) is 80.8 cm³/mol.